The third kappa shape index (κ3) is 2.69. The third-order valence-corrected chi connectivity index (χ3v) is 2.83. The van der Waals surface area contributed by atoms with Crippen LogP contribution in [0.2, 0.25) is 0 Å². The molecule has 80 valence electrons. The summed E-state index contributed by atoms with van der Waals surface area (Å²) < 4.78 is 10.8. The number of carbonyl (C=O) groups is 1. The molecule has 0 spiro atoms. The van der Waals surface area contributed by atoms with Gasteiger partial charge in [-0.25, -0.2) is 0 Å². The van der Waals surface area contributed by atoms with Crippen molar-refractivity contribution in [1.29, 1.82) is 0 Å². The van der Waals surface area contributed by atoms with Gasteiger partial charge in [-0.15, -0.1) is 0 Å². The molecule has 2 aliphatic rings. The summed E-state index contributed by atoms with van der Waals surface area (Å²) >= 11 is 0. The van der Waals surface area contributed by atoms with Gasteiger partial charge in [-0.2, -0.15) is 0 Å². The highest BCUT2D eigenvalue weighted by molar-refractivity contribution is 5.77. The summed E-state index contributed by atoms with van der Waals surface area (Å²) in [6.45, 7) is 2.64. The Morgan fingerprint density at radius 2 is 2.43 bits per heavy atom. The lowest BCUT2D eigenvalue weighted by Crippen LogP contribution is -2.44. The van der Waals surface area contributed by atoms with Crippen molar-refractivity contribution in [3.05, 3.63) is 0 Å². The molecule has 1 amide bonds. The lowest BCUT2D eigenvalue weighted by Gasteiger charge is -2.29. The first kappa shape index (κ1) is 9.93. The van der Waals surface area contributed by atoms with Gasteiger partial charge in [0.1, 0.15) is 6.61 Å². The molecular weight excluding hydrogens is 182 g/mol. The normalized spacial score (nSPS) is 33.9. The van der Waals surface area contributed by atoms with Crippen molar-refractivity contribution in [3.8, 4) is 0 Å². The molecule has 2 atom stereocenters. The van der Waals surface area contributed by atoms with Crippen LogP contribution in [0.1, 0.15) is 19.3 Å². The molecule has 0 bridgehead atoms. The fourth-order valence-corrected chi connectivity index (χ4v) is 2.05. The molecule has 2 aliphatic heterocycles. The maximum atomic E-state index is 10.8. The molecular formula is C10H17NO3. The molecule has 0 aromatic rings. The maximum absolute atomic E-state index is 10.8. The highest BCUT2D eigenvalue weighted by Crippen LogP contribution is 2.20. The Labute approximate surface area is 84.0 Å². The molecule has 2 unspecified atom stereocenters. The van der Waals surface area contributed by atoms with Crippen molar-refractivity contribution in [2.24, 2.45) is 5.92 Å². The zero-order valence-electron chi connectivity index (χ0n) is 8.33. The predicted octanol–water partition coefficient (Wildman–Crippen LogP) is 0.318. The van der Waals surface area contributed by atoms with E-state index in [0.29, 0.717) is 12.5 Å². The molecule has 1 N–H and O–H groups in total. The topological polar surface area (TPSA) is 47.6 Å². The largest absolute Gasteiger partial charge is 0.381 e. The van der Waals surface area contributed by atoms with Crippen molar-refractivity contribution in [2.75, 3.05) is 26.4 Å². The Morgan fingerprint density at radius 3 is 3.07 bits per heavy atom. The third-order valence-electron chi connectivity index (χ3n) is 2.83. The zero-order chi connectivity index (χ0) is 9.80. The molecule has 0 aromatic heterocycles. The first-order valence-electron chi connectivity index (χ1n) is 5.30. The van der Waals surface area contributed by atoms with Crippen LogP contribution in [0.3, 0.4) is 0 Å². The van der Waals surface area contributed by atoms with E-state index in [9.17, 15) is 4.79 Å². The summed E-state index contributed by atoms with van der Waals surface area (Å²) in [6, 6.07) is 0. The first-order chi connectivity index (χ1) is 6.84. The number of amides is 1. The molecule has 14 heavy (non-hydrogen) atoms. The molecule has 2 saturated heterocycles. The molecule has 2 rings (SSSR count). The van der Waals surface area contributed by atoms with Crippen LogP contribution >= 0.6 is 0 Å². The molecule has 2 heterocycles. The van der Waals surface area contributed by atoms with Crippen molar-refractivity contribution >= 4 is 5.91 Å². The van der Waals surface area contributed by atoms with Crippen LogP contribution in [0.15, 0.2) is 0 Å². The lowest BCUT2D eigenvalue weighted by molar-refractivity contribution is -0.134. The van der Waals surface area contributed by atoms with Gasteiger partial charge in [-0.05, 0) is 25.2 Å². The smallest absolute Gasteiger partial charge is 0.246 e. The van der Waals surface area contributed by atoms with Gasteiger partial charge in [-0.3, -0.25) is 4.79 Å². The van der Waals surface area contributed by atoms with Crippen molar-refractivity contribution in [3.63, 3.8) is 0 Å². The van der Waals surface area contributed by atoms with Gasteiger partial charge in [0.25, 0.3) is 0 Å². The Morgan fingerprint density at radius 1 is 1.50 bits per heavy atom. The van der Waals surface area contributed by atoms with Crippen LogP contribution < -0.4 is 5.32 Å². The summed E-state index contributed by atoms with van der Waals surface area (Å²) in [5.74, 6) is 0.616. The quantitative estimate of drug-likeness (QED) is 0.696. The Kier molecular flexibility index (Phi) is 3.37. The minimum atomic E-state index is 0.00106. The zero-order valence-corrected chi connectivity index (χ0v) is 8.33. The number of ether oxygens (including phenoxy) is 2. The van der Waals surface area contributed by atoms with Crippen LogP contribution in [-0.4, -0.2) is 38.4 Å². The number of morpholine rings is 1. The lowest BCUT2D eigenvalue weighted by atomic mass is 9.95. The summed E-state index contributed by atoms with van der Waals surface area (Å²) in [5.41, 5.74) is 0. The van der Waals surface area contributed by atoms with E-state index in [1.807, 2.05) is 0 Å². The highest BCUT2D eigenvalue weighted by Gasteiger charge is 2.23. The SMILES string of the molecule is O=C1COC(CC2CCCOC2)CN1. The minimum absolute atomic E-state index is 0.00106. The molecule has 4 heteroatoms. The van der Waals surface area contributed by atoms with Gasteiger partial charge in [0.2, 0.25) is 5.91 Å². The van der Waals surface area contributed by atoms with E-state index in [1.54, 1.807) is 0 Å². The average molecular weight is 199 g/mol. The molecule has 0 aliphatic carbocycles. The monoisotopic (exact) mass is 199 g/mol. The second-order valence-electron chi connectivity index (χ2n) is 4.06. The Bertz CT molecular complexity index is 192. The molecule has 2 fully saturated rings. The summed E-state index contributed by atoms with van der Waals surface area (Å²) in [7, 11) is 0. The van der Waals surface area contributed by atoms with Crippen molar-refractivity contribution < 1.29 is 14.3 Å². The fraction of sp³-hybridized carbons (Fsp3) is 0.900. The predicted molar refractivity (Wildman–Crippen MR) is 50.9 cm³/mol. The summed E-state index contributed by atoms with van der Waals surface area (Å²) in [6.07, 6.45) is 3.59. The van der Waals surface area contributed by atoms with Gasteiger partial charge in [0, 0.05) is 19.8 Å². The molecule has 4 nitrogen and oxygen atoms in total. The van der Waals surface area contributed by atoms with Gasteiger partial charge < -0.3 is 14.8 Å². The van der Waals surface area contributed by atoms with Crippen LogP contribution in [0.25, 0.3) is 0 Å². The minimum Gasteiger partial charge on any atom is -0.381 e. The molecule has 0 aromatic carbocycles. The number of hydrogen-bond acceptors (Lipinski definition) is 3. The first-order valence-corrected chi connectivity index (χ1v) is 5.30. The van der Waals surface area contributed by atoms with Gasteiger partial charge in [-0.1, -0.05) is 0 Å². The number of hydrogen-bond donors (Lipinski definition) is 1. The van der Waals surface area contributed by atoms with Crippen LogP contribution in [0, 0.1) is 5.92 Å². The Balaban J connectivity index is 1.71. The standard InChI is InChI=1S/C10H17NO3/c12-10-7-14-9(5-11-10)4-8-2-1-3-13-6-8/h8-9H,1-7H2,(H,11,12). The van der Waals surface area contributed by atoms with E-state index in [0.717, 1.165) is 26.1 Å². The highest BCUT2D eigenvalue weighted by atomic mass is 16.5. The Hall–Kier alpha value is -0.610. The van der Waals surface area contributed by atoms with Crippen LogP contribution in [0.5, 0.6) is 0 Å². The van der Waals surface area contributed by atoms with E-state index in [4.69, 9.17) is 9.47 Å². The number of rotatable bonds is 2. The van der Waals surface area contributed by atoms with E-state index in [2.05, 4.69) is 5.32 Å². The molecule has 0 saturated carbocycles. The maximum Gasteiger partial charge on any atom is 0.246 e. The van der Waals surface area contributed by atoms with Gasteiger partial charge in [0.05, 0.1) is 6.10 Å². The van der Waals surface area contributed by atoms with Crippen molar-refractivity contribution in [1.82, 2.24) is 5.32 Å². The molecule has 0 radical (unpaired) electrons. The second-order valence-corrected chi connectivity index (χ2v) is 4.06. The number of carbonyl (C=O) groups excluding carboxylic acids is 1. The average Bonchev–Trinajstić information content (AvgIpc) is 2.23. The van der Waals surface area contributed by atoms with Crippen LogP contribution in [0.4, 0.5) is 0 Å². The van der Waals surface area contributed by atoms with E-state index >= 15 is 0 Å². The number of nitrogens with one attached hydrogen (secondary N) is 1. The van der Waals surface area contributed by atoms with E-state index < -0.39 is 0 Å². The summed E-state index contributed by atoms with van der Waals surface area (Å²) in [5, 5.41) is 2.82. The van der Waals surface area contributed by atoms with Crippen molar-refractivity contribution in [2.45, 2.75) is 25.4 Å². The van der Waals surface area contributed by atoms with Crippen LogP contribution in [-0.2, 0) is 14.3 Å². The summed E-state index contributed by atoms with van der Waals surface area (Å²) in [4.78, 5) is 10.8. The van der Waals surface area contributed by atoms with E-state index in [1.165, 1.54) is 6.42 Å². The van der Waals surface area contributed by atoms with Gasteiger partial charge in [0.15, 0.2) is 0 Å². The van der Waals surface area contributed by atoms with E-state index in [-0.39, 0.29) is 18.6 Å². The second kappa shape index (κ2) is 4.75. The fourth-order valence-electron chi connectivity index (χ4n) is 2.05. The van der Waals surface area contributed by atoms with Gasteiger partial charge >= 0.3 is 0 Å².